The molecule has 1 saturated heterocycles. The lowest BCUT2D eigenvalue weighted by Gasteiger charge is -2.59. The molecule has 2 aliphatic carbocycles. The van der Waals surface area contributed by atoms with Crippen molar-refractivity contribution in [2.45, 2.75) is 75.9 Å². The van der Waals surface area contributed by atoms with Gasteiger partial charge in [0.25, 0.3) is 0 Å². The molecular weight excluding hydrogens is 843 g/mol. The van der Waals surface area contributed by atoms with E-state index in [-0.39, 0.29) is 90.2 Å². The summed E-state index contributed by atoms with van der Waals surface area (Å²) in [5.41, 5.74) is 4.55. The summed E-state index contributed by atoms with van der Waals surface area (Å²) in [5, 5.41) is 34.5. The Hall–Kier alpha value is -4.80. The van der Waals surface area contributed by atoms with Crippen LogP contribution in [0.4, 0.5) is 4.79 Å². The largest absolute Gasteiger partial charge is 0.492 e. The quantitative estimate of drug-likeness (QED) is 0.0287. The van der Waals surface area contributed by atoms with Gasteiger partial charge in [0.2, 0.25) is 5.79 Å². The number of aliphatic hydroxyl groups excluding tert-OH is 3. The summed E-state index contributed by atoms with van der Waals surface area (Å²) in [6.45, 7) is 8.81. The molecule has 1 saturated carbocycles. The zero-order valence-corrected chi connectivity index (χ0v) is 38.3. The molecule has 358 valence electrons. The lowest BCUT2D eigenvalue weighted by atomic mass is 9.55. The molecule has 2 heterocycles. The van der Waals surface area contributed by atoms with Crippen molar-refractivity contribution < 1.29 is 53.4 Å². The number of carbonyl (C=O) groups is 1. The van der Waals surface area contributed by atoms with Crippen LogP contribution in [0.3, 0.4) is 0 Å². The van der Waals surface area contributed by atoms with Crippen LogP contribution in [0.25, 0.3) is 0 Å². The Morgan fingerprint density at radius 2 is 1.59 bits per heavy atom. The predicted octanol–water partition coefficient (Wildman–Crippen LogP) is 6.88. The van der Waals surface area contributed by atoms with Crippen LogP contribution in [0.15, 0.2) is 108 Å². The smallest absolute Gasteiger partial charge is 0.410 e. The molecule has 1 amide bonds. The third-order valence-corrected chi connectivity index (χ3v) is 13.0. The number of benzene rings is 3. The number of oxime groups is 1. The van der Waals surface area contributed by atoms with Crippen LogP contribution in [0.5, 0.6) is 11.5 Å². The van der Waals surface area contributed by atoms with Gasteiger partial charge in [0.1, 0.15) is 37.4 Å². The number of carbonyl (C=O) groups excluding carboxylic acids is 1. The van der Waals surface area contributed by atoms with Crippen LogP contribution >= 0.6 is 0 Å². The van der Waals surface area contributed by atoms with Gasteiger partial charge in [0.05, 0.1) is 51.3 Å². The third kappa shape index (κ3) is 12.8. The van der Waals surface area contributed by atoms with E-state index in [0.29, 0.717) is 37.5 Å². The molecule has 2 aliphatic heterocycles. The standard InChI is InChI=1S/C52H69N3O11/c1-2-28-64-52-48(55(24-29-60-31-27-58)51(59)63-33-32-61-37-39-13-5-3-6-14-39)36-46(53-65-38-40-15-7-4-8-16-40)44-34-41(17-9-11-25-56)43(18-10-12-26-57)49(50(44)52)45-35-42(19-20-47(45)66-52)62-30-23-54-21-22-54/h2-8,13-16,19-20,34-35,41,43,48-50,56-58H,1,9-12,17-18,21-33,36-38H2/t41-,43+,48-,49+,50+,52+/m0/s1. The summed E-state index contributed by atoms with van der Waals surface area (Å²) in [5.74, 6) is -0.716. The lowest BCUT2D eigenvalue weighted by Crippen LogP contribution is -2.70. The Kier molecular flexibility index (Phi) is 18.9. The van der Waals surface area contributed by atoms with Gasteiger partial charge in [-0.15, -0.1) is 6.58 Å². The molecule has 66 heavy (non-hydrogen) atoms. The zero-order valence-electron chi connectivity index (χ0n) is 38.3. The molecule has 14 heteroatoms. The topological polar surface area (TPSA) is 161 Å². The molecular formula is C52H69N3O11. The van der Waals surface area contributed by atoms with Gasteiger partial charge < -0.3 is 48.6 Å². The second-order valence-electron chi connectivity index (χ2n) is 17.4. The van der Waals surface area contributed by atoms with E-state index >= 15 is 0 Å². The first-order valence-corrected chi connectivity index (χ1v) is 23.8. The Morgan fingerprint density at radius 1 is 0.848 bits per heavy atom. The van der Waals surface area contributed by atoms with E-state index in [4.69, 9.17) is 38.4 Å². The molecule has 0 unspecified atom stereocenters. The minimum absolute atomic E-state index is 0.00207. The minimum Gasteiger partial charge on any atom is -0.492 e. The number of fused-ring (bicyclic) bond motifs is 2. The first-order valence-electron chi connectivity index (χ1n) is 23.8. The van der Waals surface area contributed by atoms with Crippen LogP contribution in [-0.4, -0.2) is 134 Å². The van der Waals surface area contributed by atoms with Gasteiger partial charge in [-0.25, -0.2) is 4.79 Å². The number of rotatable bonds is 29. The van der Waals surface area contributed by atoms with Crippen molar-refractivity contribution in [1.82, 2.24) is 9.80 Å². The number of hydrogen-bond donors (Lipinski definition) is 3. The van der Waals surface area contributed by atoms with Gasteiger partial charge >= 0.3 is 6.09 Å². The Morgan fingerprint density at radius 3 is 2.30 bits per heavy atom. The maximum atomic E-state index is 14.7. The van der Waals surface area contributed by atoms with Crippen molar-refractivity contribution >= 4 is 11.8 Å². The van der Waals surface area contributed by atoms with Crippen molar-refractivity contribution in [1.29, 1.82) is 0 Å². The zero-order chi connectivity index (χ0) is 46.0. The number of allylic oxidation sites excluding steroid dienone is 1. The van der Waals surface area contributed by atoms with Gasteiger partial charge in [-0.3, -0.25) is 9.80 Å². The van der Waals surface area contributed by atoms with E-state index in [1.807, 2.05) is 72.8 Å². The molecule has 7 rings (SSSR count). The van der Waals surface area contributed by atoms with Crippen molar-refractivity contribution in [3.63, 3.8) is 0 Å². The van der Waals surface area contributed by atoms with Crippen LogP contribution in [-0.2, 0) is 37.0 Å². The second-order valence-corrected chi connectivity index (χ2v) is 17.4. The number of nitrogens with zero attached hydrogens (tertiary/aromatic N) is 3. The molecule has 0 bridgehead atoms. The SMILES string of the molecule is C=CCO[C@@]12Oc3ccc(OCCN4CC4)cc3[C@H]3[C@H](CCCCO)[C@@H](CCCCO)C=C(C(=NOCc4ccccc4)C[C@@H]1N(CCOCCO)C(=O)OCCOCc1ccccc1)[C@H]32. The highest BCUT2D eigenvalue weighted by Gasteiger charge is 2.65. The van der Waals surface area contributed by atoms with E-state index in [1.165, 1.54) is 0 Å². The van der Waals surface area contributed by atoms with Crippen molar-refractivity contribution in [2.75, 3.05) is 85.6 Å². The molecule has 3 aromatic carbocycles. The monoisotopic (exact) mass is 911 g/mol. The van der Waals surface area contributed by atoms with E-state index in [9.17, 15) is 20.1 Å². The van der Waals surface area contributed by atoms with E-state index in [1.54, 1.807) is 11.0 Å². The molecule has 0 radical (unpaired) electrons. The Bertz CT molecular complexity index is 2010. The maximum Gasteiger partial charge on any atom is 0.410 e. The summed E-state index contributed by atoms with van der Waals surface area (Å²) in [6.07, 6.45) is 8.18. The second kappa shape index (κ2) is 25.4. The fraction of sp³-hybridized carbons (Fsp3) is 0.538. The first-order chi connectivity index (χ1) is 32.5. The molecule has 14 nitrogen and oxygen atoms in total. The number of unbranched alkanes of at least 4 members (excludes halogenated alkanes) is 2. The average Bonchev–Trinajstić information content (AvgIpc) is 4.17. The third-order valence-electron chi connectivity index (χ3n) is 13.0. The van der Waals surface area contributed by atoms with Crippen LogP contribution in [0.2, 0.25) is 0 Å². The number of amides is 1. The van der Waals surface area contributed by atoms with Crippen LogP contribution < -0.4 is 9.47 Å². The Balaban J connectivity index is 1.33. The Labute approximate surface area is 389 Å². The number of hydrogen-bond acceptors (Lipinski definition) is 13. The highest BCUT2D eigenvalue weighted by atomic mass is 16.7. The van der Waals surface area contributed by atoms with Gasteiger partial charge in [-0.05, 0) is 72.4 Å². The predicted molar refractivity (Wildman–Crippen MR) is 250 cm³/mol. The highest BCUT2D eigenvalue weighted by molar-refractivity contribution is 6.03. The maximum absolute atomic E-state index is 14.7. The average molecular weight is 912 g/mol. The normalized spacial score (nSPS) is 23.5. The first kappa shape index (κ1) is 49.1. The summed E-state index contributed by atoms with van der Waals surface area (Å²) in [7, 11) is 0. The van der Waals surface area contributed by atoms with Gasteiger partial charge in [0, 0.05) is 57.3 Å². The lowest BCUT2D eigenvalue weighted by molar-refractivity contribution is -0.256. The molecule has 6 atom stereocenters. The molecule has 0 spiro atoms. The van der Waals surface area contributed by atoms with E-state index < -0.39 is 23.8 Å². The van der Waals surface area contributed by atoms with Crippen molar-refractivity contribution in [3.8, 4) is 11.5 Å². The van der Waals surface area contributed by atoms with Crippen LogP contribution in [0, 0.1) is 17.8 Å². The minimum atomic E-state index is -1.48. The summed E-state index contributed by atoms with van der Waals surface area (Å²) in [4.78, 5) is 24.9. The molecule has 2 fully saturated rings. The summed E-state index contributed by atoms with van der Waals surface area (Å²) < 4.78 is 38.6. The fourth-order valence-electron chi connectivity index (χ4n) is 9.82. The summed E-state index contributed by atoms with van der Waals surface area (Å²) in [6, 6.07) is 24.9. The van der Waals surface area contributed by atoms with Gasteiger partial charge in [0.15, 0.2) is 0 Å². The van der Waals surface area contributed by atoms with Gasteiger partial charge in [-0.2, -0.15) is 0 Å². The van der Waals surface area contributed by atoms with Crippen LogP contribution in [0.1, 0.15) is 67.6 Å². The molecule has 3 N–H and O–H groups in total. The van der Waals surface area contributed by atoms with E-state index in [0.717, 1.165) is 73.3 Å². The molecule has 0 aromatic heterocycles. The highest BCUT2D eigenvalue weighted by Crippen LogP contribution is 2.62. The van der Waals surface area contributed by atoms with Gasteiger partial charge in [-0.1, -0.05) is 90.8 Å². The molecule has 3 aromatic rings. The molecule has 4 aliphatic rings. The summed E-state index contributed by atoms with van der Waals surface area (Å²) >= 11 is 0. The number of aliphatic hydroxyl groups is 3. The van der Waals surface area contributed by atoms with Crippen molar-refractivity contribution in [2.24, 2.45) is 22.9 Å². The number of ether oxygens (including phenoxy) is 6. The fourth-order valence-corrected chi connectivity index (χ4v) is 9.82. The van der Waals surface area contributed by atoms with Crippen molar-refractivity contribution in [3.05, 3.63) is 120 Å². The van der Waals surface area contributed by atoms with E-state index in [2.05, 4.69) is 23.6 Å².